The average Bonchev–Trinajstić information content (AvgIpc) is 3.54. The molecule has 1 heterocycles. The molecule has 1 saturated carbocycles. The number of hydrogen-bond donors (Lipinski definition) is 1. The first-order valence-corrected chi connectivity index (χ1v) is 11.7. The van der Waals surface area contributed by atoms with Gasteiger partial charge in [0.25, 0.3) is 0 Å². The zero-order chi connectivity index (χ0) is 22.7. The molecule has 0 saturated heterocycles. The number of nitrogens with zero attached hydrogens (tertiary/aromatic N) is 3. The molecule has 1 atom stereocenters. The van der Waals surface area contributed by atoms with Gasteiger partial charge in [-0.25, -0.2) is 4.68 Å². The fourth-order valence-electron chi connectivity index (χ4n) is 3.85. The molecule has 0 unspecified atom stereocenters. The largest absolute Gasteiger partial charge is 0.437 e. The van der Waals surface area contributed by atoms with Crippen LogP contribution < -0.4 is 4.74 Å². The highest BCUT2D eigenvalue weighted by atomic mass is 35.5. The lowest BCUT2D eigenvalue weighted by Gasteiger charge is -2.27. The second-order valence-electron chi connectivity index (χ2n) is 9.10. The molecule has 0 radical (unpaired) electrons. The molecule has 1 aromatic heterocycles. The molecule has 0 spiro atoms. The lowest BCUT2D eigenvalue weighted by atomic mass is 10.0. The maximum absolute atomic E-state index is 10.6. The van der Waals surface area contributed by atoms with Crippen molar-refractivity contribution in [1.82, 2.24) is 14.7 Å². The number of aliphatic hydroxyl groups is 1. The summed E-state index contributed by atoms with van der Waals surface area (Å²) in [5.41, 5.74) is 2.95. The number of aryl methyl sites for hydroxylation is 1. The molecular formula is C26H32ClN3O2. The van der Waals surface area contributed by atoms with Gasteiger partial charge in [-0.15, -0.1) is 0 Å². The van der Waals surface area contributed by atoms with Gasteiger partial charge >= 0.3 is 0 Å². The normalized spacial score (nSPS) is 14.8. The number of para-hydroxylation sites is 1. The minimum atomic E-state index is -0.376. The summed E-state index contributed by atoms with van der Waals surface area (Å²) in [6.45, 7) is 6.37. The van der Waals surface area contributed by atoms with Gasteiger partial charge < -0.3 is 9.84 Å². The van der Waals surface area contributed by atoms with E-state index in [9.17, 15) is 5.11 Å². The summed E-state index contributed by atoms with van der Waals surface area (Å²) in [5.74, 6) is 2.20. The van der Waals surface area contributed by atoms with Crippen molar-refractivity contribution in [2.45, 2.75) is 39.3 Å². The van der Waals surface area contributed by atoms with Gasteiger partial charge in [0.1, 0.15) is 11.4 Å². The average molecular weight is 454 g/mol. The van der Waals surface area contributed by atoms with Crippen LogP contribution in [0.4, 0.5) is 0 Å². The molecule has 6 heteroatoms. The number of ether oxygens (including phenoxy) is 1. The standard InChI is InChI=1S/C26H32ClN3O2/c1-18(2)23(31)17-30(15-19-13-14-19)16-21-25(20-9-5-4-6-10-20)28-29(3)26(21)32-24-12-8-7-11-22(24)27/h4-12,18-19,23,31H,13-17H2,1-3H3/t23-/m1/s1. The summed E-state index contributed by atoms with van der Waals surface area (Å²) in [4.78, 5) is 2.35. The molecule has 0 aliphatic heterocycles. The third-order valence-corrected chi connectivity index (χ3v) is 6.30. The number of aromatic nitrogens is 2. The van der Waals surface area contributed by atoms with Gasteiger partial charge in [0.15, 0.2) is 0 Å². The van der Waals surface area contributed by atoms with Gasteiger partial charge in [0, 0.05) is 32.2 Å². The topological polar surface area (TPSA) is 50.5 Å². The van der Waals surface area contributed by atoms with Crippen LogP contribution in [0.1, 0.15) is 32.3 Å². The van der Waals surface area contributed by atoms with Gasteiger partial charge in [-0.3, -0.25) is 4.90 Å². The van der Waals surface area contributed by atoms with Crippen molar-refractivity contribution in [1.29, 1.82) is 0 Å². The lowest BCUT2D eigenvalue weighted by molar-refractivity contribution is 0.0709. The molecule has 0 bridgehead atoms. The summed E-state index contributed by atoms with van der Waals surface area (Å²) in [6.07, 6.45) is 2.14. The summed E-state index contributed by atoms with van der Waals surface area (Å²) < 4.78 is 8.11. The van der Waals surface area contributed by atoms with Gasteiger partial charge in [-0.1, -0.05) is 67.9 Å². The van der Waals surface area contributed by atoms with E-state index in [2.05, 4.69) is 30.9 Å². The molecule has 2 aromatic carbocycles. The molecule has 1 aliphatic rings. The fraction of sp³-hybridized carbons (Fsp3) is 0.423. The Morgan fingerprint density at radius 2 is 1.81 bits per heavy atom. The quantitative estimate of drug-likeness (QED) is 0.424. The first kappa shape index (κ1) is 22.8. The van der Waals surface area contributed by atoms with E-state index in [0.29, 0.717) is 35.7 Å². The number of aliphatic hydroxyl groups excluding tert-OH is 1. The third-order valence-electron chi connectivity index (χ3n) is 5.99. The minimum absolute atomic E-state index is 0.207. The lowest BCUT2D eigenvalue weighted by Crippen LogP contribution is -2.36. The van der Waals surface area contributed by atoms with Gasteiger partial charge in [-0.05, 0) is 36.8 Å². The van der Waals surface area contributed by atoms with Crippen LogP contribution >= 0.6 is 11.6 Å². The van der Waals surface area contributed by atoms with Crippen molar-refractivity contribution in [2.75, 3.05) is 13.1 Å². The monoisotopic (exact) mass is 453 g/mol. The summed E-state index contributed by atoms with van der Waals surface area (Å²) in [5, 5.41) is 16.0. The Hall–Kier alpha value is -2.34. The van der Waals surface area contributed by atoms with Crippen LogP contribution in [-0.2, 0) is 13.6 Å². The van der Waals surface area contributed by atoms with Crippen LogP contribution in [-0.4, -0.2) is 39.0 Å². The van der Waals surface area contributed by atoms with Crippen molar-refractivity contribution in [2.24, 2.45) is 18.9 Å². The predicted octanol–water partition coefficient (Wildman–Crippen LogP) is 5.76. The minimum Gasteiger partial charge on any atom is -0.437 e. The van der Waals surface area contributed by atoms with E-state index in [0.717, 1.165) is 23.4 Å². The van der Waals surface area contributed by atoms with E-state index in [1.807, 2.05) is 49.5 Å². The summed E-state index contributed by atoms with van der Waals surface area (Å²) >= 11 is 6.39. The smallest absolute Gasteiger partial charge is 0.222 e. The first-order chi connectivity index (χ1) is 15.4. The Morgan fingerprint density at radius 3 is 2.47 bits per heavy atom. The van der Waals surface area contributed by atoms with Crippen molar-refractivity contribution < 1.29 is 9.84 Å². The van der Waals surface area contributed by atoms with Crippen LogP contribution in [0.25, 0.3) is 11.3 Å². The van der Waals surface area contributed by atoms with E-state index in [-0.39, 0.29) is 12.0 Å². The molecule has 1 N–H and O–H groups in total. The zero-order valence-corrected chi connectivity index (χ0v) is 19.8. The highest BCUT2D eigenvalue weighted by molar-refractivity contribution is 6.32. The van der Waals surface area contributed by atoms with Crippen LogP contribution in [0.15, 0.2) is 54.6 Å². The van der Waals surface area contributed by atoms with Crippen molar-refractivity contribution in [3.05, 3.63) is 65.2 Å². The van der Waals surface area contributed by atoms with Crippen molar-refractivity contribution in [3.63, 3.8) is 0 Å². The molecular weight excluding hydrogens is 422 g/mol. The molecule has 32 heavy (non-hydrogen) atoms. The SMILES string of the molecule is CC(C)[C@H](O)CN(Cc1c(-c2ccccc2)nn(C)c1Oc1ccccc1Cl)CC1CC1. The summed E-state index contributed by atoms with van der Waals surface area (Å²) in [7, 11) is 1.90. The van der Waals surface area contributed by atoms with Crippen LogP contribution in [0, 0.1) is 11.8 Å². The maximum atomic E-state index is 10.6. The predicted molar refractivity (Wildman–Crippen MR) is 129 cm³/mol. The van der Waals surface area contributed by atoms with E-state index < -0.39 is 0 Å². The maximum Gasteiger partial charge on any atom is 0.222 e. The molecule has 170 valence electrons. The van der Waals surface area contributed by atoms with Gasteiger partial charge in [0.2, 0.25) is 5.88 Å². The number of rotatable bonds is 10. The second-order valence-corrected chi connectivity index (χ2v) is 9.51. The zero-order valence-electron chi connectivity index (χ0n) is 19.0. The molecule has 0 amide bonds. The number of hydrogen-bond acceptors (Lipinski definition) is 4. The fourth-order valence-corrected chi connectivity index (χ4v) is 4.02. The third kappa shape index (κ3) is 5.52. The van der Waals surface area contributed by atoms with E-state index in [1.54, 1.807) is 4.68 Å². The number of benzene rings is 2. The van der Waals surface area contributed by atoms with Crippen molar-refractivity contribution >= 4 is 11.6 Å². The van der Waals surface area contributed by atoms with Gasteiger partial charge in [0.05, 0.1) is 16.7 Å². The Bertz CT molecular complexity index is 1030. The highest BCUT2D eigenvalue weighted by Crippen LogP contribution is 2.37. The van der Waals surface area contributed by atoms with E-state index in [1.165, 1.54) is 12.8 Å². The molecule has 5 nitrogen and oxygen atoms in total. The van der Waals surface area contributed by atoms with Crippen LogP contribution in [0.2, 0.25) is 5.02 Å². The Balaban J connectivity index is 1.72. The molecule has 1 aliphatic carbocycles. The van der Waals surface area contributed by atoms with Gasteiger partial charge in [-0.2, -0.15) is 5.10 Å². The Kier molecular flexibility index (Phi) is 7.19. The highest BCUT2D eigenvalue weighted by Gasteiger charge is 2.29. The van der Waals surface area contributed by atoms with Crippen molar-refractivity contribution in [3.8, 4) is 22.9 Å². The van der Waals surface area contributed by atoms with Crippen LogP contribution in [0.3, 0.4) is 0 Å². The molecule has 4 rings (SSSR count). The Morgan fingerprint density at radius 1 is 1.12 bits per heavy atom. The molecule has 1 fully saturated rings. The Labute approximate surface area is 195 Å². The summed E-state index contributed by atoms with van der Waals surface area (Å²) in [6, 6.07) is 17.7. The van der Waals surface area contributed by atoms with Crippen LogP contribution in [0.5, 0.6) is 11.6 Å². The first-order valence-electron chi connectivity index (χ1n) is 11.4. The van der Waals surface area contributed by atoms with E-state index >= 15 is 0 Å². The molecule has 3 aromatic rings. The number of halogens is 1. The van der Waals surface area contributed by atoms with E-state index in [4.69, 9.17) is 21.4 Å². The second kappa shape index (κ2) is 10.1.